The molecule has 0 radical (unpaired) electrons. The van der Waals surface area contributed by atoms with Gasteiger partial charge in [-0.05, 0) is 12.8 Å². The van der Waals surface area contributed by atoms with Crippen LogP contribution in [0.5, 0.6) is 0 Å². The molecular formula is C6H8O4. The summed E-state index contributed by atoms with van der Waals surface area (Å²) in [4.78, 5) is 20.7. The molecule has 1 saturated heterocycles. The standard InChI is InChI=1S/C6H8O4/c7-5(6(8)9)4-2-1-3-10-4/h4H,1-3H2,(H,8,9). The van der Waals surface area contributed by atoms with E-state index in [-0.39, 0.29) is 0 Å². The van der Waals surface area contributed by atoms with Gasteiger partial charge in [0.05, 0.1) is 0 Å². The number of carboxylic acids is 1. The van der Waals surface area contributed by atoms with Gasteiger partial charge in [-0.25, -0.2) is 4.79 Å². The molecule has 1 aliphatic heterocycles. The van der Waals surface area contributed by atoms with E-state index in [2.05, 4.69) is 0 Å². The van der Waals surface area contributed by atoms with E-state index in [1.807, 2.05) is 0 Å². The van der Waals surface area contributed by atoms with Crippen LogP contribution < -0.4 is 0 Å². The van der Waals surface area contributed by atoms with Crippen molar-refractivity contribution >= 4 is 11.8 Å². The lowest BCUT2D eigenvalue weighted by Gasteiger charge is -2.01. The molecule has 0 spiro atoms. The first kappa shape index (κ1) is 7.21. The van der Waals surface area contributed by atoms with Gasteiger partial charge >= 0.3 is 5.97 Å². The fourth-order valence-electron chi connectivity index (χ4n) is 0.922. The molecule has 1 rings (SSSR count). The van der Waals surface area contributed by atoms with Crippen molar-refractivity contribution in [2.24, 2.45) is 0 Å². The first-order chi connectivity index (χ1) is 4.72. The van der Waals surface area contributed by atoms with E-state index in [0.717, 1.165) is 6.42 Å². The van der Waals surface area contributed by atoms with E-state index in [4.69, 9.17) is 9.84 Å². The van der Waals surface area contributed by atoms with Crippen molar-refractivity contribution in [2.45, 2.75) is 18.9 Å². The van der Waals surface area contributed by atoms with Crippen molar-refractivity contribution < 1.29 is 19.4 Å². The average Bonchev–Trinajstić information content (AvgIpc) is 2.36. The Morgan fingerprint density at radius 3 is 2.60 bits per heavy atom. The second-order valence-corrected chi connectivity index (χ2v) is 2.17. The highest BCUT2D eigenvalue weighted by Crippen LogP contribution is 2.12. The molecule has 1 fully saturated rings. The molecule has 0 aromatic carbocycles. The van der Waals surface area contributed by atoms with E-state index in [9.17, 15) is 9.59 Å². The predicted molar refractivity (Wildman–Crippen MR) is 31.6 cm³/mol. The summed E-state index contributed by atoms with van der Waals surface area (Å²) in [6.45, 7) is 0.504. The zero-order valence-corrected chi connectivity index (χ0v) is 5.37. The summed E-state index contributed by atoms with van der Waals surface area (Å²) in [5.74, 6) is -2.22. The lowest BCUT2D eigenvalue weighted by Crippen LogP contribution is -2.27. The summed E-state index contributed by atoms with van der Waals surface area (Å²) in [5.41, 5.74) is 0. The van der Waals surface area contributed by atoms with Gasteiger partial charge in [0.25, 0.3) is 5.78 Å². The largest absolute Gasteiger partial charge is 0.475 e. The maximum Gasteiger partial charge on any atom is 0.375 e. The summed E-state index contributed by atoms with van der Waals surface area (Å²) in [5, 5.41) is 8.21. The van der Waals surface area contributed by atoms with Gasteiger partial charge < -0.3 is 9.84 Å². The molecule has 10 heavy (non-hydrogen) atoms. The van der Waals surface area contributed by atoms with Crippen LogP contribution >= 0.6 is 0 Å². The molecule has 56 valence electrons. The number of hydrogen-bond acceptors (Lipinski definition) is 3. The van der Waals surface area contributed by atoms with Crippen molar-refractivity contribution in [2.75, 3.05) is 6.61 Å². The Hall–Kier alpha value is -0.900. The van der Waals surface area contributed by atoms with Gasteiger partial charge in [0.1, 0.15) is 6.10 Å². The van der Waals surface area contributed by atoms with Crippen LogP contribution in [0.4, 0.5) is 0 Å². The van der Waals surface area contributed by atoms with Crippen molar-refractivity contribution in [3.8, 4) is 0 Å². The Kier molecular flexibility index (Phi) is 2.01. The van der Waals surface area contributed by atoms with Gasteiger partial charge in [-0.15, -0.1) is 0 Å². The van der Waals surface area contributed by atoms with Crippen LogP contribution in [0.25, 0.3) is 0 Å². The minimum atomic E-state index is -1.40. The number of carbonyl (C=O) groups is 2. The number of carboxylic acid groups (broad SMARTS) is 1. The van der Waals surface area contributed by atoms with Crippen LogP contribution in [0.15, 0.2) is 0 Å². The second-order valence-electron chi connectivity index (χ2n) is 2.17. The van der Waals surface area contributed by atoms with Crippen LogP contribution in [0.2, 0.25) is 0 Å². The Morgan fingerprint density at radius 1 is 1.50 bits per heavy atom. The first-order valence-electron chi connectivity index (χ1n) is 3.10. The highest BCUT2D eigenvalue weighted by atomic mass is 16.5. The van der Waals surface area contributed by atoms with Crippen LogP contribution in [-0.4, -0.2) is 29.6 Å². The molecule has 1 aliphatic rings. The van der Waals surface area contributed by atoms with E-state index >= 15 is 0 Å². The van der Waals surface area contributed by atoms with Gasteiger partial charge in [0.2, 0.25) is 0 Å². The van der Waals surface area contributed by atoms with Crippen molar-refractivity contribution in [3.63, 3.8) is 0 Å². The third-order valence-electron chi connectivity index (χ3n) is 1.43. The van der Waals surface area contributed by atoms with Crippen molar-refractivity contribution in [3.05, 3.63) is 0 Å². The zero-order chi connectivity index (χ0) is 7.56. The molecule has 0 amide bonds. The molecule has 4 heteroatoms. The van der Waals surface area contributed by atoms with E-state index in [1.54, 1.807) is 0 Å². The maximum absolute atomic E-state index is 10.6. The van der Waals surface area contributed by atoms with Gasteiger partial charge in [-0.1, -0.05) is 0 Å². The molecule has 1 atom stereocenters. The van der Waals surface area contributed by atoms with Crippen molar-refractivity contribution in [1.29, 1.82) is 0 Å². The molecule has 1 heterocycles. The highest BCUT2D eigenvalue weighted by molar-refractivity contribution is 6.34. The Morgan fingerprint density at radius 2 is 2.20 bits per heavy atom. The minimum Gasteiger partial charge on any atom is -0.475 e. The number of aliphatic carboxylic acids is 1. The molecule has 0 aromatic rings. The molecular weight excluding hydrogens is 136 g/mol. The van der Waals surface area contributed by atoms with Gasteiger partial charge in [-0.3, -0.25) is 4.79 Å². The molecule has 0 saturated carbocycles. The van der Waals surface area contributed by atoms with E-state index in [1.165, 1.54) is 0 Å². The number of carbonyl (C=O) groups excluding carboxylic acids is 1. The zero-order valence-electron chi connectivity index (χ0n) is 5.37. The number of hydrogen-bond donors (Lipinski definition) is 1. The third-order valence-corrected chi connectivity index (χ3v) is 1.43. The summed E-state index contributed by atoms with van der Waals surface area (Å²) in [6, 6.07) is 0. The number of Topliss-reactive ketones (excluding diaryl/α,β-unsaturated/α-hetero) is 1. The Labute approximate surface area is 57.8 Å². The summed E-state index contributed by atoms with van der Waals surface area (Å²) >= 11 is 0. The van der Waals surface area contributed by atoms with Crippen LogP contribution in [0.1, 0.15) is 12.8 Å². The fourth-order valence-corrected chi connectivity index (χ4v) is 0.922. The predicted octanol–water partition coefficient (Wildman–Crippen LogP) is -0.181. The highest BCUT2D eigenvalue weighted by Gasteiger charge is 2.28. The number of ketones is 1. The summed E-state index contributed by atoms with van der Waals surface area (Å²) in [6.07, 6.45) is 0.645. The monoisotopic (exact) mass is 144 g/mol. The van der Waals surface area contributed by atoms with Gasteiger partial charge in [0.15, 0.2) is 0 Å². The molecule has 0 bridgehead atoms. The van der Waals surface area contributed by atoms with E-state index < -0.39 is 17.9 Å². The molecule has 1 N–H and O–H groups in total. The Balaban J connectivity index is 2.48. The average molecular weight is 144 g/mol. The quantitative estimate of drug-likeness (QED) is 0.546. The van der Waals surface area contributed by atoms with Crippen molar-refractivity contribution in [1.82, 2.24) is 0 Å². The van der Waals surface area contributed by atoms with Crippen LogP contribution in [-0.2, 0) is 14.3 Å². The van der Waals surface area contributed by atoms with Crippen LogP contribution in [0, 0.1) is 0 Å². The van der Waals surface area contributed by atoms with Gasteiger partial charge in [0, 0.05) is 6.61 Å². The van der Waals surface area contributed by atoms with Gasteiger partial charge in [-0.2, -0.15) is 0 Å². The minimum absolute atomic E-state index is 0.504. The number of rotatable bonds is 2. The maximum atomic E-state index is 10.6. The van der Waals surface area contributed by atoms with E-state index in [0.29, 0.717) is 13.0 Å². The molecule has 0 aromatic heterocycles. The lowest BCUT2D eigenvalue weighted by molar-refractivity contribution is -0.153. The first-order valence-corrected chi connectivity index (χ1v) is 3.10. The SMILES string of the molecule is O=C(O)C(=O)C1CCCO1. The topological polar surface area (TPSA) is 63.6 Å². The van der Waals surface area contributed by atoms with Crippen LogP contribution in [0.3, 0.4) is 0 Å². The second kappa shape index (κ2) is 2.79. The normalized spacial score (nSPS) is 24.6. The Bertz CT molecular complexity index is 157. The number of ether oxygens (including phenoxy) is 1. The molecule has 4 nitrogen and oxygen atoms in total. The smallest absolute Gasteiger partial charge is 0.375 e. The lowest BCUT2D eigenvalue weighted by atomic mass is 10.2. The fraction of sp³-hybridized carbons (Fsp3) is 0.667. The molecule has 0 aliphatic carbocycles. The summed E-state index contributed by atoms with van der Waals surface area (Å²) in [7, 11) is 0. The molecule has 1 unspecified atom stereocenters. The third kappa shape index (κ3) is 1.33. The summed E-state index contributed by atoms with van der Waals surface area (Å²) < 4.78 is 4.85.